The minimum absolute atomic E-state index is 0.174. The Morgan fingerprint density at radius 3 is 2.86 bits per heavy atom. The number of carbonyl (C=O) groups is 1. The Morgan fingerprint density at radius 2 is 2.20 bits per heavy atom. The van der Waals surface area contributed by atoms with Crippen molar-refractivity contribution >= 4 is 61.9 Å². The average Bonchev–Trinajstić information content (AvgIpc) is 3.51. The number of nitro groups is 1. The maximum atomic E-state index is 13.4. The highest BCUT2D eigenvalue weighted by Gasteiger charge is 2.23. The summed E-state index contributed by atoms with van der Waals surface area (Å²) in [5.74, 6) is -0.122. The van der Waals surface area contributed by atoms with Gasteiger partial charge in [-0.3, -0.25) is 24.3 Å². The Kier molecular flexibility index (Phi) is 7.34. The molecule has 4 aromatic rings. The number of hydrogen-bond acceptors (Lipinski definition) is 9. The zero-order valence-electron chi connectivity index (χ0n) is 18.7. The Morgan fingerprint density at radius 1 is 1.40 bits per heavy atom. The van der Waals surface area contributed by atoms with Gasteiger partial charge in [-0.2, -0.15) is 0 Å². The summed E-state index contributed by atoms with van der Waals surface area (Å²) in [6, 6.07) is 7.85. The van der Waals surface area contributed by atoms with Crippen LogP contribution >= 0.6 is 34.4 Å². The molecule has 1 unspecified atom stereocenters. The van der Waals surface area contributed by atoms with Gasteiger partial charge in [0.25, 0.3) is 11.2 Å². The quantitative estimate of drug-likeness (QED) is 0.102. The molecule has 35 heavy (non-hydrogen) atoms. The van der Waals surface area contributed by atoms with Gasteiger partial charge in [-0.05, 0) is 24.4 Å². The van der Waals surface area contributed by atoms with Gasteiger partial charge in [0.2, 0.25) is 5.91 Å². The number of amides is 1. The van der Waals surface area contributed by atoms with Crippen molar-refractivity contribution in [3.63, 3.8) is 0 Å². The number of nitrogens with one attached hydrogen (secondary N) is 1. The smallest absolute Gasteiger partial charge is 0.271 e. The van der Waals surface area contributed by atoms with E-state index in [1.165, 1.54) is 41.2 Å². The Hall–Kier alpha value is -3.48. The molecule has 0 saturated carbocycles. The van der Waals surface area contributed by atoms with E-state index in [0.29, 0.717) is 21.1 Å². The van der Waals surface area contributed by atoms with Crippen LogP contribution in [-0.2, 0) is 11.3 Å². The molecule has 1 aromatic carbocycles. The predicted molar refractivity (Wildman–Crippen MR) is 141 cm³/mol. The average molecular weight is 529 g/mol. The van der Waals surface area contributed by atoms with Crippen molar-refractivity contribution < 1.29 is 14.5 Å². The van der Waals surface area contributed by atoms with Gasteiger partial charge in [0.15, 0.2) is 5.16 Å². The van der Waals surface area contributed by atoms with Crippen LogP contribution in [0.4, 0.5) is 11.4 Å². The second-order valence-corrected chi connectivity index (χ2v) is 10.4. The Bertz CT molecular complexity index is 1480. The third kappa shape index (κ3) is 4.99. The van der Waals surface area contributed by atoms with Gasteiger partial charge >= 0.3 is 0 Å². The molecule has 1 amide bonds. The lowest BCUT2D eigenvalue weighted by Crippen LogP contribution is -2.26. The van der Waals surface area contributed by atoms with Crippen molar-refractivity contribution in [3.8, 4) is 16.2 Å². The number of thiophene rings is 2. The number of aromatic nitrogens is 2. The van der Waals surface area contributed by atoms with Crippen LogP contribution in [0.25, 0.3) is 20.7 Å². The van der Waals surface area contributed by atoms with E-state index in [2.05, 4.69) is 11.9 Å². The monoisotopic (exact) mass is 528 g/mol. The largest absolute Gasteiger partial charge is 0.495 e. The summed E-state index contributed by atoms with van der Waals surface area (Å²) in [5.41, 5.74) is 0.655. The van der Waals surface area contributed by atoms with Gasteiger partial charge in [0, 0.05) is 34.5 Å². The van der Waals surface area contributed by atoms with Crippen LogP contribution < -0.4 is 15.6 Å². The zero-order chi connectivity index (χ0) is 25.1. The fourth-order valence-corrected chi connectivity index (χ4v) is 6.07. The van der Waals surface area contributed by atoms with Crippen molar-refractivity contribution in [3.05, 3.63) is 74.2 Å². The third-order valence-electron chi connectivity index (χ3n) is 5.06. The zero-order valence-corrected chi connectivity index (χ0v) is 21.2. The first kappa shape index (κ1) is 24.6. The molecule has 3 aromatic heterocycles. The number of ether oxygens (including phenoxy) is 1. The summed E-state index contributed by atoms with van der Waals surface area (Å²) in [4.78, 5) is 43.2. The summed E-state index contributed by atoms with van der Waals surface area (Å²) < 4.78 is 6.72. The SMILES string of the molecule is C=CCn1c(SC(C)C(=O)Nc2cc([N+](=O)[O-])ccc2OC)nc2scc(-c3cccs3)c2c1=O. The van der Waals surface area contributed by atoms with Crippen molar-refractivity contribution in [1.29, 1.82) is 0 Å². The first-order valence-electron chi connectivity index (χ1n) is 10.3. The summed E-state index contributed by atoms with van der Waals surface area (Å²) in [6.07, 6.45) is 1.61. The van der Waals surface area contributed by atoms with Gasteiger partial charge in [0.05, 0.1) is 28.4 Å². The second kappa shape index (κ2) is 10.4. The number of nitro benzene ring substituents is 1. The van der Waals surface area contributed by atoms with Crippen LogP contribution in [0.2, 0.25) is 0 Å². The molecule has 0 aliphatic rings. The van der Waals surface area contributed by atoms with E-state index in [1.807, 2.05) is 22.9 Å². The molecule has 12 heteroatoms. The number of nitrogens with zero attached hydrogens (tertiary/aromatic N) is 3. The number of fused-ring (bicyclic) bond motifs is 1. The first-order valence-corrected chi connectivity index (χ1v) is 12.9. The number of rotatable bonds is 9. The third-order valence-corrected chi connectivity index (χ3v) is 7.93. The van der Waals surface area contributed by atoms with E-state index in [1.54, 1.807) is 24.3 Å². The number of thioether (sulfide) groups is 1. The summed E-state index contributed by atoms with van der Waals surface area (Å²) in [7, 11) is 1.41. The lowest BCUT2D eigenvalue weighted by Gasteiger charge is -2.16. The maximum Gasteiger partial charge on any atom is 0.271 e. The number of allylic oxidation sites excluding steroid dienone is 1. The van der Waals surface area contributed by atoms with E-state index in [-0.39, 0.29) is 23.5 Å². The number of anilines is 1. The predicted octanol–water partition coefficient (Wildman–Crippen LogP) is 5.41. The van der Waals surface area contributed by atoms with Gasteiger partial charge in [-0.15, -0.1) is 29.3 Å². The number of non-ortho nitro benzene ring substituents is 1. The number of carbonyl (C=O) groups excluding carboxylic acids is 1. The summed E-state index contributed by atoms with van der Waals surface area (Å²) in [6.45, 7) is 5.65. The lowest BCUT2D eigenvalue weighted by atomic mass is 10.2. The molecule has 0 radical (unpaired) electrons. The van der Waals surface area contributed by atoms with Crippen molar-refractivity contribution in [2.75, 3.05) is 12.4 Å². The minimum Gasteiger partial charge on any atom is -0.495 e. The molecule has 0 aliphatic carbocycles. The van der Waals surface area contributed by atoms with Crippen LogP contribution in [0.15, 0.2) is 63.7 Å². The normalized spacial score (nSPS) is 11.8. The van der Waals surface area contributed by atoms with Crippen molar-refractivity contribution in [1.82, 2.24) is 9.55 Å². The molecular weight excluding hydrogens is 508 g/mol. The van der Waals surface area contributed by atoms with Gasteiger partial charge in [0.1, 0.15) is 10.6 Å². The van der Waals surface area contributed by atoms with Gasteiger partial charge < -0.3 is 10.1 Å². The molecule has 0 fully saturated rings. The van der Waals surface area contributed by atoms with E-state index in [0.717, 1.165) is 22.2 Å². The molecule has 180 valence electrons. The van der Waals surface area contributed by atoms with Crippen molar-refractivity contribution in [2.45, 2.75) is 23.9 Å². The van der Waals surface area contributed by atoms with Crippen molar-refractivity contribution in [2.24, 2.45) is 0 Å². The molecule has 1 N–H and O–H groups in total. The molecule has 0 bridgehead atoms. The second-order valence-electron chi connectivity index (χ2n) is 7.30. The van der Waals surface area contributed by atoms with E-state index in [9.17, 15) is 19.7 Å². The molecule has 0 aliphatic heterocycles. The Balaban J connectivity index is 1.65. The van der Waals surface area contributed by atoms with Crippen LogP contribution in [0.1, 0.15) is 6.92 Å². The van der Waals surface area contributed by atoms with E-state index in [4.69, 9.17) is 9.72 Å². The van der Waals surface area contributed by atoms with Crippen LogP contribution in [0, 0.1) is 10.1 Å². The molecule has 1 atom stereocenters. The molecule has 3 heterocycles. The summed E-state index contributed by atoms with van der Waals surface area (Å²) >= 11 is 4.05. The fourth-order valence-electron chi connectivity index (χ4n) is 3.35. The van der Waals surface area contributed by atoms with Gasteiger partial charge in [-0.25, -0.2) is 4.98 Å². The number of hydrogen-bond donors (Lipinski definition) is 1. The molecule has 0 spiro atoms. The van der Waals surface area contributed by atoms with E-state index < -0.39 is 16.1 Å². The number of benzene rings is 1. The standard InChI is InChI=1S/C23H20N4O5S3/c1-4-9-26-22(29)19-15(18-6-5-10-33-18)12-34-21(19)25-23(26)35-13(2)20(28)24-16-11-14(27(30)31)7-8-17(16)32-3/h4-8,10-13H,1,9H2,2-3H3,(H,24,28). The highest BCUT2D eigenvalue weighted by Crippen LogP contribution is 2.35. The molecule has 0 saturated heterocycles. The van der Waals surface area contributed by atoms with Crippen LogP contribution in [0.3, 0.4) is 0 Å². The Labute approximate surface area is 212 Å². The number of methoxy groups -OCH3 is 1. The van der Waals surface area contributed by atoms with E-state index >= 15 is 0 Å². The van der Waals surface area contributed by atoms with Crippen LogP contribution in [-0.4, -0.2) is 32.7 Å². The minimum atomic E-state index is -0.670. The fraction of sp³-hybridized carbons (Fsp3) is 0.174. The first-order chi connectivity index (χ1) is 16.8. The lowest BCUT2D eigenvalue weighted by molar-refractivity contribution is -0.384. The topological polar surface area (TPSA) is 116 Å². The molecule has 9 nitrogen and oxygen atoms in total. The molecular formula is C23H20N4O5S3. The molecule has 4 rings (SSSR count). The summed E-state index contributed by atoms with van der Waals surface area (Å²) in [5, 5.41) is 17.9. The maximum absolute atomic E-state index is 13.4. The highest BCUT2D eigenvalue weighted by atomic mass is 32.2. The highest BCUT2D eigenvalue weighted by molar-refractivity contribution is 8.00. The van der Waals surface area contributed by atoms with Gasteiger partial charge in [-0.1, -0.05) is 23.9 Å². The van der Waals surface area contributed by atoms with Crippen LogP contribution in [0.5, 0.6) is 5.75 Å².